The summed E-state index contributed by atoms with van der Waals surface area (Å²) < 4.78 is 43.8. The highest BCUT2D eigenvalue weighted by atomic mass is 32.2. The smallest absolute Gasteiger partial charge is 0.279 e. The van der Waals surface area contributed by atoms with E-state index in [0.29, 0.717) is 40.6 Å². The number of sulfonamides is 1. The molecule has 3 aromatic rings. The minimum absolute atomic E-state index is 0.172. The zero-order valence-electron chi connectivity index (χ0n) is 17.4. The van der Waals surface area contributed by atoms with Crippen molar-refractivity contribution >= 4 is 37.5 Å². The molecule has 0 radical (unpaired) electrons. The van der Waals surface area contributed by atoms with Gasteiger partial charge in [-0.15, -0.1) is 0 Å². The van der Waals surface area contributed by atoms with Gasteiger partial charge in [0.25, 0.3) is 5.91 Å². The molecule has 0 saturated carbocycles. The first-order valence-corrected chi connectivity index (χ1v) is 12.5. The minimum Gasteiger partial charge on any atom is -0.314 e. The average Bonchev–Trinajstić information content (AvgIpc) is 3.12. The number of amides is 1. The molecule has 1 aliphatic heterocycles. The number of thiazole rings is 1. The number of carbonyl (C=O) groups excluding carboxylic acids is 1. The summed E-state index contributed by atoms with van der Waals surface area (Å²) in [5.74, 6) is -0.322. The van der Waals surface area contributed by atoms with Crippen LogP contribution in [0.4, 0.5) is 4.39 Å². The molecule has 164 valence electrons. The van der Waals surface area contributed by atoms with E-state index in [0.717, 1.165) is 12.8 Å². The maximum Gasteiger partial charge on any atom is 0.279 e. The van der Waals surface area contributed by atoms with E-state index in [1.165, 1.54) is 46.0 Å². The highest BCUT2D eigenvalue weighted by Gasteiger charge is 2.28. The molecule has 0 aliphatic carbocycles. The summed E-state index contributed by atoms with van der Waals surface area (Å²) in [7, 11) is -3.57. The third kappa shape index (κ3) is 4.22. The number of piperidine rings is 1. The molecule has 2 aromatic carbocycles. The Morgan fingerprint density at radius 1 is 1.16 bits per heavy atom. The van der Waals surface area contributed by atoms with Crippen molar-refractivity contribution in [1.82, 2.24) is 8.87 Å². The van der Waals surface area contributed by atoms with E-state index in [-0.39, 0.29) is 16.3 Å². The van der Waals surface area contributed by atoms with Crippen molar-refractivity contribution in [1.29, 1.82) is 0 Å². The van der Waals surface area contributed by atoms with Gasteiger partial charge >= 0.3 is 0 Å². The normalized spacial score (nSPS) is 16.8. The van der Waals surface area contributed by atoms with Gasteiger partial charge in [-0.25, -0.2) is 12.8 Å². The molecule has 1 aromatic heterocycles. The molecule has 1 saturated heterocycles. The Hall–Kier alpha value is -2.36. The Balaban J connectivity index is 1.62. The lowest BCUT2D eigenvalue weighted by atomic mass is 10.0. The monoisotopic (exact) mass is 461 g/mol. The fourth-order valence-electron chi connectivity index (χ4n) is 3.76. The summed E-state index contributed by atoms with van der Waals surface area (Å²) >= 11 is 1.24. The number of nitrogens with zero attached hydrogens (tertiary/aromatic N) is 3. The summed E-state index contributed by atoms with van der Waals surface area (Å²) in [6, 6.07) is 10.7. The first-order valence-electron chi connectivity index (χ1n) is 10.3. The van der Waals surface area contributed by atoms with Gasteiger partial charge in [0.2, 0.25) is 10.0 Å². The first kappa shape index (κ1) is 21.9. The summed E-state index contributed by atoms with van der Waals surface area (Å²) in [6.45, 7) is 5.49. The molecule has 2 heterocycles. The van der Waals surface area contributed by atoms with Crippen molar-refractivity contribution in [3.05, 3.63) is 58.6 Å². The summed E-state index contributed by atoms with van der Waals surface area (Å²) in [4.78, 5) is 17.5. The van der Waals surface area contributed by atoms with Crippen LogP contribution in [0, 0.1) is 11.7 Å². The maximum absolute atomic E-state index is 14.2. The van der Waals surface area contributed by atoms with Crippen LogP contribution < -0.4 is 4.80 Å². The Bertz CT molecular complexity index is 1290. The van der Waals surface area contributed by atoms with Gasteiger partial charge in [0.1, 0.15) is 5.82 Å². The number of benzene rings is 2. The Labute approximate surface area is 184 Å². The van der Waals surface area contributed by atoms with Crippen LogP contribution in [0.25, 0.3) is 10.2 Å². The van der Waals surface area contributed by atoms with E-state index in [1.54, 1.807) is 16.7 Å². The zero-order valence-corrected chi connectivity index (χ0v) is 19.0. The number of carbonyl (C=O) groups is 1. The summed E-state index contributed by atoms with van der Waals surface area (Å²) in [5, 5.41) is 0. The van der Waals surface area contributed by atoms with Gasteiger partial charge in [-0.05, 0) is 62.1 Å². The lowest BCUT2D eigenvalue weighted by molar-refractivity contribution is 0.0997. The largest absolute Gasteiger partial charge is 0.314 e. The van der Waals surface area contributed by atoms with E-state index in [1.807, 2.05) is 6.92 Å². The van der Waals surface area contributed by atoms with Gasteiger partial charge in [0.05, 0.1) is 15.1 Å². The molecule has 4 rings (SSSR count). The molecule has 9 heteroatoms. The predicted molar refractivity (Wildman–Crippen MR) is 119 cm³/mol. The molecule has 31 heavy (non-hydrogen) atoms. The van der Waals surface area contributed by atoms with Gasteiger partial charge < -0.3 is 4.57 Å². The van der Waals surface area contributed by atoms with Crippen molar-refractivity contribution in [2.75, 3.05) is 13.1 Å². The third-order valence-electron chi connectivity index (χ3n) is 5.65. The topological polar surface area (TPSA) is 71.7 Å². The molecule has 0 atom stereocenters. The van der Waals surface area contributed by atoms with Gasteiger partial charge in [0.15, 0.2) is 4.80 Å². The Morgan fingerprint density at radius 2 is 1.84 bits per heavy atom. The van der Waals surface area contributed by atoms with E-state index in [9.17, 15) is 17.6 Å². The maximum atomic E-state index is 14.2. The van der Waals surface area contributed by atoms with Crippen molar-refractivity contribution in [2.24, 2.45) is 10.9 Å². The summed E-state index contributed by atoms with van der Waals surface area (Å²) in [6.07, 6.45) is 1.70. The zero-order chi connectivity index (χ0) is 22.2. The second-order valence-corrected chi connectivity index (χ2v) is 10.7. The van der Waals surface area contributed by atoms with Crippen LogP contribution in [0.3, 0.4) is 0 Å². The van der Waals surface area contributed by atoms with Gasteiger partial charge in [0, 0.05) is 25.2 Å². The van der Waals surface area contributed by atoms with Crippen LogP contribution in [0.2, 0.25) is 0 Å². The molecular formula is C22H24FN3O3S2. The van der Waals surface area contributed by atoms with Crippen molar-refractivity contribution in [2.45, 2.75) is 38.1 Å². The molecule has 1 fully saturated rings. The SMILES string of the molecule is CCn1c(=NC(=O)c2ccc(S(=O)(=O)N3CCC(C)CC3)cc2)sc2cccc(F)c21. The van der Waals surface area contributed by atoms with Crippen molar-refractivity contribution in [3.8, 4) is 0 Å². The van der Waals surface area contributed by atoms with Gasteiger partial charge in [-0.1, -0.05) is 24.3 Å². The number of aromatic nitrogens is 1. The second kappa shape index (κ2) is 8.64. The fraction of sp³-hybridized carbons (Fsp3) is 0.364. The van der Waals surface area contributed by atoms with Crippen molar-refractivity contribution in [3.63, 3.8) is 0 Å². The quantitative estimate of drug-likeness (QED) is 0.589. The minimum atomic E-state index is -3.57. The number of aryl methyl sites for hydroxylation is 1. The lowest BCUT2D eigenvalue weighted by Crippen LogP contribution is -2.37. The molecule has 1 aliphatic rings. The lowest BCUT2D eigenvalue weighted by Gasteiger charge is -2.29. The number of hydrogen-bond donors (Lipinski definition) is 0. The molecule has 1 amide bonds. The second-order valence-electron chi connectivity index (χ2n) is 7.74. The summed E-state index contributed by atoms with van der Waals surface area (Å²) in [5.41, 5.74) is 0.714. The van der Waals surface area contributed by atoms with E-state index in [4.69, 9.17) is 0 Å². The molecule has 0 bridgehead atoms. The number of para-hydroxylation sites is 1. The van der Waals surface area contributed by atoms with Crippen LogP contribution in [0.1, 0.15) is 37.0 Å². The van der Waals surface area contributed by atoms with Crippen LogP contribution in [-0.4, -0.2) is 36.3 Å². The highest BCUT2D eigenvalue weighted by molar-refractivity contribution is 7.89. The molecule has 0 spiro atoms. The van der Waals surface area contributed by atoms with E-state index in [2.05, 4.69) is 11.9 Å². The van der Waals surface area contributed by atoms with Crippen LogP contribution in [0.15, 0.2) is 52.4 Å². The molecular weight excluding hydrogens is 437 g/mol. The van der Waals surface area contributed by atoms with Gasteiger partial charge in [-0.3, -0.25) is 4.79 Å². The molecule has 6 nitrogen and oxygen atoms in total. The van der Waals surface area contributed by atoms with E-state index < -0.39 is 15.9 Å². The fourth-order valence-corrected chi connectivity index (χ4v) is 6.34. The van der Waals surface area contributed by atoms with Gasteiger partial charge in [-0.2, -0.15) is 9.30 Å². The number of halogens is 1. The van der Waals surface area contributed by atoms with Crippen LogP contribution in [-0.2, 0) is 16.6 Å². The first-order chi connectivity index (χ1) is 14.8. The van der Waals surface area contributed by atoms with Crippen molar-refractivity contribution < 1.29 is 17.6 Å². The highest BCUT2D eigenvalue weighted by Crippen LogP contribution is 2.24. The Morgan fingerprint density at radius 3 is 2.48 bits per heavy atom. The number of fused-ring (bicyclic) bond motifs is 1. The third-order valence-corrected chi connectivity index (χ3v) is 8.60. The Kier molecular flexibility index (Phi) is 6.09. The predicted octanol–water partition coefficient (Wildman–Crippen LogP) is 4.02. The van der Waals surface area contributed by atoms with Crippen LogP contribution >= 0.6 is 11.3 Å². The number of rotatable bonds is 4. The van der Waals surface area contributed by atoms with E-state index >= 15 is 0 Å². The van der Waals surface area contributed by atoms with Crippen LogP contribution in [0.5, 0.6) is 0 Å². The molecule has 0 N–H and O–H groups in total. The standard InChI is InChI=1S/C22H24FN3O3S2/c1-3-26-20-18(23)5-4-6-19(20)30-22(26)24-21(27)16-7-9-17(10-8-16)31(28,29)25-13-11-15(2)12-14-25/h4-10,15H,3,11-14H2,1-2H3. The average molecular weight is 462 g/mol. The molecule has 0 unspecified atom stereocenters. The number of hydrogen-bond acceptors (Lipinski definition) is 4.